The van der Waals surface area contributed by atoms with Crippen LogP contribution in [-0.2, 0) is 9.53 Å². The molecule has 0 saturated carbocycles. The summed E-state index contributed by atoms with van der Waals surface area (Å²) in [5.41, 5.74) is 2.34. The van der Waals surface area contributed by atoms with E-state index in [-0.39, 0.29) is 12.1 Å². The molecule has 0 unspecified atom stereocenters. The van der Waals surface area contributed by atoms with Crippen molar-refractivity contribution in [3.8, 4) is 0 Å². The van der Waals surface area contributed by atoms with Gasteiger partial charge in [-0.25, -0.2) is 0 Å². The molecular weight excluding hydrogens is 164 g/mol. The van der Waals surface area contributed by atoms with Gasteiger partial charge < -0.3 is 4.74 Å². The number of hydrogen-bond donors (Lipinski definition) is 0. The van der Waals surface area contributed by atoms with Crippen LogP contribution in [0.5, 0.6) is 0 Å². The van der Waals surface area contributed by atoms with E-state index in [2.05, 4.69) is 0 Å². The first-order valence-corrected chi connectivity index (χ1v) is 4.52. The Hall–Kier alpha value is -1.31. The van der Waals surface area contributed by atoms with Gasteiger partial charge in [-0.3, -0.25) is 4.79 Å². The zero-order chi connectivity index (χ0) is 9.26. The molecule has 1 aromatic carbocycles. The van der Waals surface area contributed by atoms with Crippen molar-refractivity contribution in [3.05, 3.63) is 35.4 Å². The zero-order valence-electron chi connectivity index (χ0n) is 7.62. The molecule has 1 saturated heterocycles. The molecule has 0 spiro atoms. The van der Waals surface area contributed by atoms with E-state index < -0.39 is 0 Å². The monoisotopic (exact) mass is 176 g/mol. The SMILES string of the molecule is Cc1ccc([C@H]2CCC(=O)O2)cc1. The second-order valence-corrected chi connectivity index (χ2v) is 3.43. The van der Waals surface area contributed by atoms with Crippen molar-refractivity contribution in [3.63, 3.8) is 0 Å². The molecule has 0 aliphatic carbocycles. The van der Waals surface area contributed by atoms with Crippen LogP contribution in [0.15, 0.2) is 24.3 Å². The van der Waals surface area contributed by atoms with E-state index in [1.165, 1.54) is 5.56 Å². The fraction of sp³-hybridized carbons (Fsp3) is 0.364. The molecule has 1 fully saturated rings. The van der Waals surface area contributed by atoms with E-state index in [0.29, 0.717) is 6.42 Å². The average molecular weight is 176 g/mol. The predicted octanol–water partition coefficient (Wildman–Crippen LogP) is 2.37. The van der Waals surface area contributed by atoms with Crippen molar-refractivity contribution in [1.29, 1.82) is 0 Å². The third-order valence-electron chi connectivity index (χ3n) is 2.33. The molecule has 0 bridgehead atoms. The minimum absolute atomic E-state index is 0.00639. The van der Waals surface area contributed by atoms with Gasteiger partial charge in [0.1, 0.15) is 6.10 Å². The zero-order valence-corrected chi connectivity index (χ0v) is 7.62. The van der Waals surface area contributed by atoms with Crippen molar-refractivity contribution >= 4 is 5.97 Å². The highest BCUT2D eigenvalue weighted by atomic mass is 16.5. The van der Waals surface area contributed by atoms with Crippen molar-refractivity contribution in [2.24, 2.45) is 0 Å². The van der Waals surface area contributed by atoms with Crippen LogP contribution in [0.3, 0.4) is 0 Å². The lowest BCUT2D eigenvalue weighted by atomic mass is 10.1. The maximum atomic E-state index is 10.9. The smallest absolute Gasteiger partial charge is 0.306 e. The van der Waals surface area contributed by atoms with Crippen molar-refractivity contribution in [2.75, 3.05) is 0 Å². The maximum Gasteiger partial charge on any atom is 0.306 e. The van der Waals surface area contributed by atoms with E-state index in [0.717, 1.165) is 12.0 Å². The highest BCUT2D eigenvalue weighted by molar-refractivity contribution is 5.71. The summed E-state index contributed by atoms with van der Waals surface area (Å²) in [6.07, 6.45) is 1.37. The number of cyclic esters (lactones) is 1. The second-order valence-electron chi connectivity index (χ2n) is 3.43. The average Bonchev–Trinajstić information content (AvgIpc) is 2.53. The van der Waals surface area contributed by atoms with Gasteiger partial charge in [-0.05, 0) is 18.9 Å². The normalized spacial score (nSPS) is 21.6. The lowest BCUT2D eigenvalue weighted by molar-refractivity contribution is -0.141. The summed E-state index contributed by atoms with van der Waals surface area (Å²) in [5, 5.41) is 0. The highest BCUT2D eigenvalue weighted by Crippen LogP contribution is 2.29. The molecule has 0 amide bonds. The van der Waals surface area contributed by atoms with Crippen LogP contribution in [0.4, 0.5) is 0 Å². The van der Waals surface area contributed by atoms with Gasteiger partial charge in [0.15, 0.2) is 0 Å². The molecule has 2 heteroatoms. The summed E-state index contributed by atoms with van der Waals surface area (Å²) in [6, 6.07) is 8.14. The van der Waals surface area contributed by atoms with Gasteiger partial charge in [-0.15, -0.1) is 0 Å². The second kappa shape index (κ2) is 3.21. The Bertz CT molecular complexity index is 313. The summed E-state index contributed by atoms with van der Waals surface area (Å²) < 4.78 is 5.15. The highest BCUT2D eigenvalue weighted by Gasteiger charge is 2.24. The molecule has 13 heavy (non-hydrogen) atoms. The minimum atomic E-state index is -0.0782. The number of esters is 1. The summed E-state index contributed by atoms with van der Waals surface area (Å²) in [6.45, 7) is 2.05. The van der Waals surface area contributed by atoms with Crippen molar-refractivity contribution in [2.45, 2.75) is 25.9 Å². The van der Waals surface area contributed by atoms with Gasteiger partial charge in [0.2, 0.25) is 0 Å². The molecule has 68 valence electrons. The Morgan fingerprint density at radius 3 is 2.54 bits per heavy atom. The molecule has 0 N–H and O–H groups in total. The Labute approximate surface area is 77.5 Å². The topological polar surface area (TPSA) is 26.3 Å². The minimum Gasteiger partial charge on any atom is -0.457 e. The fourth-order valence-corrected chi connectivity index (χ4v) is 1.54. The van der Waals surface area contributed by atoms with Crippen LogP contribution in [0.25, 0.3) is 0 Å². The number of hydrogen-bond acceptors (Lipinski definition) is 2. The number of carbonyl (C=O) groups excluding carboxylic acids is 1. The van der Waals surface area contributed by atoms with Gasteiger partial charge in [0.05, 0.1) is 0 Å². The standard InChI is InChI=1S/C11H12O2/c1-8-2-4-9(5-3-8)10-6-7-11(12)13-10/h2-5,10H,6-7H2,1H3/t10-/m1/s1. The molecule has 1 aliphatic rings. The predicted molar refractivity (Wildman–Crippen MR) is 49.2 cm³/mol. The molecule has 1 heterocycles. The lowest BCUT2D eigenvalue weighted by Gasteiger charge is -2.08. The van der Waals surface area contributed by atoms with Gasteiger partial charge >= 0.3 is 5.97 Å². The first-order valence-electron chi connectivity index (χ1n) is 4.52. The van der Waals surface area contributed by atoms with Crippen LogP contribution in [0.2, 0.25) is 0 Å². The van der Waals surface area contributed by atoms with Gasteiger partial charge in [0, 0.05) is 6.42 Å². The molecule has 2 nitrogen and oxygen atoms in total. The third kappa shape index (κ3) is 1.72. The van der Waals surface area contributed by atoms with E-state index in [1.54, 1.807) is 0 Å². The lowest BCUT2D eigenvalue weighted by Crippen LogP contribution is -1.98. The largest absolute Gasteiger partial charge is 0.457 e. The number of rotatable bonds is 1. The molecule has 1 aliphatic heterocycles. The first kappa shape index (κ1) is 8.30. The summed E-state index contributed by atoms with van der Waals surface area (Å²) in [5.74, 6) is -0.0782. The Balaban J connectivity index is 2.17. The number of ether oxygens (including phenoxy) is 1. The van der Waals surface area contributed by atoms with Crippen LogP contribution in [0, 0.1) is 6.92 Å². The fourth-order valence-electron chi connectivity index (χ4n) is 1.54. The van der Waals surface area contributed by atoms with Crippen LogP contribution in [-0.4, -0.2) is 5.97 Å². The quantitative estimate of drug-likeness (QED) is 0.614. The molecular formula is C11H12O2. The van der Waals surface area contributed by atoms with Crippen LogP contribution >= 0.6 is 0 Å². The Morgan fingerprint density at radius 1 is 1.31 bits per heavy atom. The third-order valence-corrected chi connectivity index (χ3v) is 2.33. The Morgan fingerprint density at radius 2 is 2.00 bits per heavy atom. The van der Waals surface area contributed by atoms with Crippen molar-refractivity contribution in [1.82, 2.24) is 0 Å². The summed E-state index contributed by atoms with van der Waals surface area (Å²) >= 11 is 0. The molecule has 1 aromatic rings. The molecule has 1 atom stereocenters. The van der Waals surface area contributed by atoms with Gasteiger partial charge in [-0.1, -0.05) is 29.8 Å². The van der Waals surface area contributed by atoms with E-state index in [9.17, 15) is 4.79 Å². The van der Waals surface area contributed by atoms with Crippen LogP contribution < -0.4 is 0 Å². The Kier molecular flexibility index (Phi) is 2.05. The van der Waals surface area contributed by atoms with Gasteiger partial charge in [-0.2, -0.15) is 0 Å². The number of carbonyl (C=O) groups is 1. The number of aryl methyl sites for hydroxylation is 1. The maximum absolute atomic E-state index is 10.9. The van der Waals surface area contributed by atoms with Gasteiger partial charge in [0.25, 0.3) is 0 Å². The van der Waals surface area contributed by atoms with Crippen molar-refractivity contribution < 1.29 is 9.53 Å². The van der Waals surface area contributed by atoms with E-state index >= 15 is 0 Å². The molecule has 2 rings (SSSR count). The molecule has 0 aromatic heterocycles. The molecule has 0 radical (unpaired) electrons. The summed E-state index contributed by atoms with van der Waals surface area (Å²) in [4.78, 5) is 10.9. The van der Waals surface area contributed by atoms with E-state index in [1.807, 2.05) is 31.2 Å². The summed E-state index contributed by atoms with van der Waals surface area (Å²) in [7, 11) is 0. The number of benzene rings is 1. The first-order chi connectivity index (χ1) is 6.25. The van der Waals surface area contributed by atoms with Crippen LogP contribution in [0.1, 0.15) is 30.1 Å². The van der Waals surface area contributed by atoms with E-state index in [4.69, 9.17) is 4.74 Å².